The first kappa shape index (κ1) is 14.3. The van der Waals surface area contributed by atoms with E-state index in [0.29, 0.717) is 19.0 Å². The average Bonchev–Trinajstić information content (AvgIpc) is 2.70. The average molecular weight is 284 g/mol. The molecule has 1 heterocycles. The van der Waals surface area contributed by atoms with Crippen molar-refractivity contribution in [1.82, 2.24) is 9.80 Å². The topological polar surface area (TPSA) is 23.6 Å². The molecule has 3 nitrogen and oxygen atoms in total. The molecule has 1 amide bonds. The van der Waals surface area contributed by atoms with E-state index in [0.717, 1.165) is 26.1 Å². The van der Waals surface area contributed by atoms with Gasteiger partial charge in [-0.05, 0) is 30.4 Å². The number of hydrogen-bond donors (Lipinski definition) is 0. The third-order valence-corrected chi connectivity index (χ3v) is 4.81. The Bertz CT molecular complexity index is 526. The van der Waals surface area contributed by atoms with E-state index in [-0.39, 0.29) is 5.91 Å². The Balaban J connectivity index is 1.66. The van der Waals surface area contributed by atoms with Crippen molar-refractivity contribution in [3.8, 4) is 0 Å². The Hall–Kier alpha value is -1.61. The van der Waals surface area contributed by atoms with Gasteiger partial charge in [-0.2, -0.15) is 0 Å². The largest absolute Gasteiger partial charge is 0.338 e. The Morgan fingerprint density at radius 1 is 1.14 bits per heavy atom. The summed E-state index contributed by atoms with van der Waals surface area (Å²) in [5.41, 5.74) is 3.00. The van der Waals surface area contributed by atoms with Gasteiger partial charge >= 0.3 is 0 Å². The predicted molar refractivity (Wildman–Crippen MR) is 85.2 cm³/mol. The van der Waals surface area contributed by atoms with Gasteiger partial charge in [0.25, 0.3) is 0 Å². The van der Waals surface area contributed by atoms with Gasteiger partial charge in [0.2, 0.25) is 5.91 Å². The molecule has 1 aliphatic heterocycles. The van der Waals surface area contributed by atoms with Crippen LogP contribution in [0.4, 0.5) is 0 Å². The second kappa shape index (κ2) is 6.44. The zero-order valence-electron chi connectivity index (χ0n) is 12.6. The van der Waals surface area contributed by atoms with Crippen LogP contribution in [0.5, 0.6) is 0 Å². The number of aryl methyl sites for hydroxylation is 1. The molecule has 0 spiro atoms. The summed E-state index contributed by atoms with van der Waals surface area (Å²) in [5, 5.41) is 0. The Labute approximate surface area is 127 Å². The van der Waals surface area contributed by atoms with Gasteiger partial charge in [-0.1, -0.05) is 30.3 Å². The third-order valence-electron chi connectivity index (χ3n) is 4.81. The van der Waals surface area contributed by atoms with Crippen LogP contribution in [-0.4, -0.2) is 47.9 Å². The lowest BCUT2D eigenvalue weighted by Gasteiger charge is -2.34. The summed E-state index contributed by atoms with van der Waals surface area (Å²) >= 11 is 0. The van der Waals surface area contributed by atoms with Crippen molar-refractivity contribution < 1.29 is 4.79 Å². The van der Waals surface area contributed by atoms with Crippen LogP contribution in [0.25, 0.3) is 0 Å². The van der Waals surface area contributed by atoms with E-state index in [1.807, 2.05) is 11.0 Å². The van der Waals surface area contributed by atoms with Crippen LogP contribution >= 0.6 is 0 Å². The van der Waals surface area contributed by atoms with Gasteiger partial charge in [-0.25, -0.2) is 0 Å². The molecular weight excluding hydrogens is 260 g/mol. The van der Waals surface area contributed by atoms with Crippen LogP contribution in [0.1, 0.15) is 24.0 Å². The van der Waals surface area contributed by atoms with Gasteiger partial charge in [-0.15, -0.1) is 6.58 Å². The molecule has 3 heteroatoms. The molecule has 0 saturated carbocycles. The number of nitrogens with zero attached hydrogens (tertiary/aromatic N) is 2. The van der Waals surface area contributed by atoms with Crippen LogP contribution < -0.4 is 0 Å². The molecule has 2 aliphatic rings. The van der Waals surface area contributed by atoms with Crippen LogP contribution in [-0.2, 0) is 17.6 Å². The van der Waals surface area contributed by atoms with E-state index in [4.69, 9.17) is 0 Å². The van der Waals surface area contributed by atoms with Crippen LogP contribution in [0.2, 0.25) is 0 Å². The molecule has 21 heavy (non-hydrogen) atoms. The summed E-state index contributed by atoms with van der Waals surface area (Å²) in [4.78, 5) is 16.5. The molecule has 112 valence electrons. The standard InChI is InChI=1S/C18H24N2O/c1-2-10-20-13-12-19(11-9-18(20)21)17-8-7-15-5-3-4-6-16(15)14-17/h2-6,17H,1,7-14H2. The Morgan fingerprint density at radius 2 is 1.95 bits per heavy atom. The molecule has 0 radical (unpaired) electrons. The molecule has 0 aromatic heterocycles. The number of benzene rings is 1. The molecule has 1 aliphatic carbocycles. The maximum absolute atomic E-state index is 12.1. The highest BCUT2D eigenvalue weighted by Crippen LogP contribution is 2.25. The molecule has 3 rings (SSSR count). The number of carbonyl (C=O) groups is 1. The minimum atomic E-state index is 0.272. The van der Waals surface area contributed by atoms with E-state index in [1.54, 1.807) is 0 Å². The fraction of sp³-hybridized carbons (Fsp3) is 0.500. The SMILES string of the molecule is C=CCN1CCN(C2CCc3ccccc3C2)CCC1=O. The Morgan fingerprint density at radius 3 is 2.76 bits per heavy atom. The maximum atomic E-state index is 12.1. The normalized spacial score (nSPS) is 23.5. The Kier molecular flexibility index (Phi) is 4.39. The first-order valence-electron chi connectivity index (χ1n) is 7.97. The highest BCUT2D eigenvalue weighted by Gasteiger charge is 2.27. The zero-order chi connectivity index (χ0) is 14.7. The van der Waals surface area contributed by atoms with Crippen molar-refractivity contribution in [3.05, 3.63) is 48.0 Å². The van der Waals surface area contributed by atoms with Crippen molar-refractivity contribution in [2.75, 3.05) is 26.2 Å². The van der Waals surface area contributed by atoms with Gasteiger partial charge < -0.3 is 4.90 Å². The third kappa shape index (κ3) is 3.18. The van der Waals surface area contributed by atoms with Crippen LogP contribution in [0.15, 0.2) is 36.9 Å². The van der Waals surface area contributed by atoms with Gasteiger partial charge in [0.1, 0.15) is 0 Å². The van der Waals surface area contributed by atoms with Crippen molar-refractivity contribution in [1.29, 1.82) is 0 Å². The van der Waals surface area contributed by atoms with E-state index in [9.17, 15) is 4.79 Å². The fourth-order valence-electron chi connectivity index (χ4n) is 3.59. The van der Waals surface area contributed by atoms with Crippen LogP contribution in [0, 0.1) is 0 Å². The predicted octanol–water partition coefficient (Wildman–Crippen LogP) is 2.26. The van der Waals surface area contributed by atoms with Gasteiger partial charge in [-0.3, -0.25) is 9.69 Å². The smallest absolute Gasteiger partial charge is 0.224 e. The van der Waals surface area contributed by atoms with E-state index in [2.05, 4.69) is 35.7 Å². The molecule has 1 aromatic rings. The fourth-order valence-corrected chi connectivity index (χ4v) is 3.59. The second-order valence-electron chi connectivity index (χ2n) is 6.08. The number of fused-ring (bicyclic) bond motifs is 1. The molecule has 1 atom stereocenters. The van der Waals surface area contributed by atoms with Crippen molar-refractivity contribution in [2.24, 2.45) is 0 Å². The molecule has 1 unspecified atom stereocenters. The lowest BCUT2D eigenvalue weighted by Crippen LogP contribution is -2.41. The molecular formula is C18H24N2O. The molecule has 1 fully saturated rings. The first-order chi connectivity index (χ1) is 10.3. The summed E-state index contributed by atoms with van der Waals surface area (Å²) in [6, 6.07) is 9.38. The van der Waals surface area contributed by atoms with Crippen LogP contribution in [0.3, 0.4) is 0 Å². The van der Waals surface area contributed by atoms with Gasteiger partial charge in [0.05, 0.1) is 0 Å². The monoisotopic (exact) mass is 284 g/mol. The number of amides is 1. The van der Waals surface area contributed by atoms with Crippen molar-refractivity contribution in [2.45, 2.75) is 31.7 Å². The first-order valence-corrected chi connectivity index (χ1v) is 7.97. The molecule has 0 bridgehead atoms. The summed E-state index contributed by atoms with van der Waals surface area (Å²) < 4.78 is 0. The quantitative estimate of drug-likeness (QED) is 0.795. The summed E-state index contributed by atoms with van der Waals surface area (Å²) in [6.07, 6.45) is 5.98. The summed E-state index contributed by atoms with van der Waals surface area (Å²) in [7, 11) is 0. The highest BCUT2D eigenvalue weighted by atomic mass is 16.2. The number of hydrogen-bond acceptors (Lipinski definition) is 2. The minimum Gasteiger partial charge on any atom is -0.338 e. The highest BCUT2D eigenvalue weighted by molar-refractivity contribution is 5.76. The van der Waals surface area contributed by atoms with Crippen molar-refractivity contribution in [3.63, 3.8) is 0 Å². The maximum Gasteiger partial charge on any atom is 0.224 e. The lowest BCUT2D eigenvalue weighted by molar-refractivity contribution is -0.129. The number of carbonyl (C=O) groups excluding carboxylic acids is 1. The molecule has 1 saturated heterocycles. The van der Waals surface area contributed by atoms with Gasteiger partial charge in [0.15, 0.2) is 0 Å². The minimum absolute atomic E-state index is 0.272. The second-order valence-corrected chi connectivity index (χ2v) is 6.08. The van der Waals surface area contributed by atoms with Gasteiger partial charge in [0, 0.05) is 38.6 Å². The van der Waals surface area contributed by atoms with E-state index < -0.39 is 0 Å². The lowest BCUT2D eigenvalue weighted by atomic mass is 9.87. The van der Waals surface area contributed by atoms with E-state index in [1.165, 1.54) is 24.0 Å². The van der Waals surface area contributed by atoms with Crippen molar-refractivity contribution >= 4 is 5.91 Å². The summed E-state index contributed by atoms with van der Waals surface area (Å²) in [5.74, 6) is 0.272. The summed E-state index contributed by atoms with van der Waals surface area (Å²) in [6.45, 7) is 7.16. The molecule has 1 aromatic carbocycles. The van der Waals surface area contributed by atoms with E-state index >= 15 is 0 Å². The zero-order valence-corrected chi connectivity index (χ0v) is 12.6. The molecule has 0 N–H and O–H groups in total. The number of rotatable bonds is 3.